The highest BCUT2D eigenvalue weighted by Crippen LogP contribution is 2.30. The second-order valence-electron chi connectivity index (χ2n) is 4.56. The first-order valence-electron chi connectivity index (χ1n) is 6.06. The zero-order valence-corrected chi connectivity index (χ0v) is 9.99. The van der Waals surface area contributed by atoms with E-state index in [1.165, 1.54) is 30.4 Å². The molecule has 0 atom stereocenters. The molecule has 1 aromatic heterocycles. The Morgan fingerprint density at radius 3 is 2.88 bits per heavy atom. The molecule has 0 saturated heterocycles. The molecule has 0 radical (unpaired) electrons. The van der Waals surface area contributed by atoms with Crippen molar-refractivity contribution in [1.82, 2.24) is 4.98 Å². The van der Waals surface area contributed by atoms with Crippen LogP contribution in [0.25, 0.3) is 11.3 Å². The first kappa shape index (κ1) is 10.5. The van der Waals surface area contributed by atoms with Gasteiger partial charge < -0.3 is 10.2 Å². The standard InChI is InChI=1S/C14H16N2O/c1-9-14(17-13(8-15)16-9)12-6-5-10-3-2-4-11(10)7-12/h5-7H,2-4,8,15H2,1H3. The van der Waals surface area contributed by atoms with E-state index in [0.29, 0.717) is 12.4 Å². The van der Waals surface area contributed by atoms with Gasteiger partial charge in [-0.3, -0.25) is 0 Å². The van der Waals surface area contributed by atoms with Crippen molar-refractivity contribution in [3.63, 3.8) is 0 Å². The van der Waals surface area contributed by atoms with Crippen molar-refractivity contribution in [2.45, 2.75) is 32.7 Å². The maximum Gasteiger partial charge on any atom is 0.208 e. The van der Waals surface area contributed by atoms with Crippen LogP contribution in [0.4, 0.5) is 0 Å². The third-order valence-corrected chi connectivity index (χ3v) is 3.38. The molecule has 1 aromatic carbocycles. The summed E-state index contributed by atoms with van der Waals surface area (Å²) in [6, 6.07) is 6.57. The van der Waals surface area contributed by atoms with E-state index in [2.05, 4.69) is 23.2 Å². The second kappa shape index (κ2) is 4.00. The molecule has 0 aliphatic heterocycles. The molecule has 0 saturated carbocycles. The summed E-state index contributed by atoms with van der Waals surface area (Å²) in [7, 11) is 0. The summed E-state index contributed by atoms with van der Waals surface area (Å²) in [5.41, 5.74) is 10.5. The minimum absolute atomic E-state index is 0.353. The summed E-state index contributed by atoms with van der Waals surface area (Å²) in [6.07, 6.45) is 3.65. The lowest BCUT2D eigenvalue weighted by Gasteiger charge is -2.02. The Labute approximate surface area is 101 Å². The van der Waals surface area contributed by atoms with Crippen LogP contribution >= 0.6 is 0 Å². The molecule has 3 rings (SSSR count). The molecule has 0 bridgehead atoms. The number of nitrogens with two attached hydrogens (primary N) is 1. The molecule has 1 aliphatic carbocycles. The van der Waals surface area contributed by atoms with Gasteiger partial charge in [0.05, 0.1) is 12.2 Å². The summed E-state index contributed by atoms with van der Waals surface area (Å²) in [6.45, 7) is 2.32. The van der Waals surface area contributed by atoms with Gasteiger partial charge in [-0.2, -0.15) is 0 Å². The first-order valence-corrected chi connectivity index (χ1v) is 6.06. The van der Waals surface area contributed by atoms with E-state index < -0.39 is 0 Å². The topological polar surface area (TPSA) is 52.0 Å². The molecule has 0 amide bonds. The monoisotopic (exact) mass is 228 g/mol. The van der Waals surface area contributed by atoms with Crippen molar-refractivity contribution >= 4 is 0 Å². The highest BCUT2D eigenvalue weighted by Gasteiger charge is 2.15. The van der Waals surface area contributed by atoms with Crippen LogP contribution in [0.2, 0.25) is 0 Å². The number of hydrogen-bond acceptors (Lipinski definition) is 3. The van der Waals surface area contributed by atoms with Crippen LogP contribution in [0.3, 0.4) is 0 Å². The van der Waals surface area contributed by atoms with E-state index in [-0.39, 0.29) is 0 Å². The summed E-state index contributed by atoms with van der Waals surface area (Å²) in [4.78, 5) is 4.31. The lowest BCUT2D eigenvalue weighted by Crippen LogP contribution is -1.95. The summed E-state index contributed by atoms with van der Waals surface area (Å²) in [5.74, 6) is 1.47. The summed E-state index contributed by atoms with van der Waals surface area (Å²) < 4.78 is 5.67. The Balaban J connectivity index is 2.06. The van der Waals surface area contributed by atoms with Crippen LogP contribution < -0.4 is 5.73 Å². The Morgan fingerprint density at radius 2 is 2.12 bits per heavy atom. The fourth-order valence-corrected chi connectivity index (χ4v) is 2.52. The third-order valence-electron chi connectivity index (χ3n) is 3.38. The average molecular weight is 228 g/mol. The van der Waals surface area contributed by atoms with Crippen molar-refractivity contribution in [2.75, 3.05) is 0 Å². The highest BCUT2D eigenvalue weighted by molar-refractivity contribution is 5.62. The molecule has 0 fully saturated rings. The molecule has 1 aliphatic rings. The maximum atomic E-state index is 5.67. The zero-order chi connectivity index (χ0) is 11.8. The van der Waals surface area contributed by atoms with E-state index in [4.69, 9.17) is 10.2 Å². The highest BCUT2D eigenvalue weighted by atomic mass is 16.4. The van der Waals surface area contributed by atoms with Gasteiger partial charge in [-0.1, -0.05) is 12.1 Å². The Hall–Kier alpha value is -1.61. The largest absolute Gasteiger partial charge is 0.439 e. The van der Waals surface area contributed by atoms with Gasteiger partial charge in [0.1, 0.15) is 0 Å². The minimum atomic E-state index is 0.353. The predicted octanol–water partition coefficient (Wildman–Crippen LogP) is 2.60. The van der Waals surface area contributed by atoms with Crippen molar-refractivity contribution in [1.29, 1.82) is 0 Å². The van der Waals surface area contributed by atoms with Gasteiger partial charge in [-0.25, -0.2) is 4.98 Å². The van der Waals surface area contributed by atoms with E-state index >= 15 is 0 Å². The molecular formula is C14H16N2O. The van der Waals surface area contributed by atoms with Gasteiger partial charge in [-0.15, -0.1) is 0 Å². The molecular weight excluding hydrogens is 212 g/mol. The number of nitrogens with zero attached hydrogens (tertiary/aromatic N) is 1. The van der Waals surface area contributed by atoms with Crippen molar-refractivity contribution in [2.24, 2.45) is 5.73 Å². The quantitative estimate of drug-likeness (QED) is 0.859. The fraction of sp³-hybridized carbons (Fsp3) is 0.357. The lowest BCUT2D eigenvalue weighted by molar-refractivity contribution is 0.509. The van der Waals surface area contributed by atoms with Crippen molar-refractivity contribution in [3.8, 4) is 11.3 Å². The van der Waals surface area contributed by atoms with E-state index in [0.717, 1.165) is 17.0 Å². The van der Waals surface area contributed by atoms with Crippen molar-refractivity contribution in [3.05, 3.63) is 40.9 Å². The third kappa shape index (κ3) is 1.76. The van der Waals surface area contributed by atoms with Gasteiger partial charge in [0.25, 0.3) is 0 Å². The van der Waals surface area contributed by atoms with Gasteiger partial charge in [0.15, 0.2) is 5.76 Å². The number of fused-ring (bicyclic) bond motifs is 1. The maximum absolute atomic E-state index is 5.67. The summed E-state index contributed by atoms with van der Waals surface area (Å²) >= 11 is 0. The van der Waals surface area contributed by atoms with Gasteiger partial charge in [-0.05, 0) is 43.4 Å². The minimum Gasteiger partial charge on any atom is -0.439 e. The van der Waals surface area contributed by atoms with Crippen LogP contribution in [0.1, 0.15) is 29.1 Å². The van der Waals surface area contributed by atoms with E-state index in [1.807, 2.05) is 6.92 Å². The first-order chi connectivity index (χ1) is 8.28. The molecule has 0 unspecified atom stereocenters. The van der Waals surface area contributed by atoms with Crippen LogP contribution in [0, 0.1) is 6.92 Å². The molecule has 3 nitrogen and oxygen atoms in total. The zero-order valence-electron chi connectivity index (χ0n) is 9.99. The second-order valence-corrected chi connectivity index (χ2v) is 4.56. The Morgan fingerprint density at radius 1 is 1.29 bits per heavy atom. The van der Waals surface area contributed by atoms with Crippen LogP contribution in [-0.2, 0) is 19.4 Å². The molecule has 3 heteroatoms. The van der Waals surface area contributed by atoms with Gasteiger partial charge in [0, 0.05) is 5.56 Å². The Kier molecular flexibility index (Phi) is 2.48. The SMILES string of the molecule is Cc1nc(CN)oc1-c1ccc2c(c1)CCC2. The van der Waals surface area contributed by atoms with Gasteiger partial charge in [0.2, 0.25) is 5.89 Å². The lowest BCUT2D eigenvalue weighted by atomic mass is 10.0. The van der Waals surface area contributed by atoms with E-state index in [9.17, 15) is 0 Å². The predicted molar refractivity (Wildman–Crippen MR) is 66.6 cm³/mol. The molecule has 1 heterocycles. The van der Waals surface area contributed by atoms with Gasteiger partial charge >= 0.3 is 0 Å². The van der Waals surface area contributed by atoms with Crippen molar-refractivity contribution < 1.29 is 4.42 Å². The smallest absolute Gasteiger partial charge is 0.208 e. The summed E-state index contributed by atoms with van der Waals surface area (Å²) in [5, 5.41) is 0. The van der Waals surface area contributed by atoms with Crippen LogP contribution in [-0.4, -0.2) is 4.98 Å². The van der Waals surface area contributed by atoms with E-state index in [1.54, 1.807) is 0 Å². The number of oxazole rings is 1. The number of rotatable bonds is 2. The Bertz CT molecular complexity index is 557. The normalized spacial score (nSPS) is 14.0. The van der Waals surface area contributed by atoms with Crippen LogP contribution in [0.15, 0.2) is 22.6 Å². The molecule has 17 heavy (non-hydrogen) atoms. The average Bonchev–Trinajstić information content (AvgIpc) is 2.93. The number of aryl methyl sites for hydroxylation is 3. The molecule has 0 spiro atoms. The number of aromatic nitrogens is 1. The number of hydrogen-bond donors (Lipinski definition) is 1. The van der Waals surface area contributed by atoms with Crippen LogP contribution in [0.5, 0.6) is 0 Å². The molecule has 2 aromatic rings. The number of benzene rings is 1. The molecule has 88 valence electrons. The molecule has 2 N–H and O–H groups in total. The fourth-order valence-electron chi connectivity index (χ4n) is 2.52.